The fourth-order valence-corrected chi connectivity index (χ4v) is 0.782. The highest BCUT2D eigenvalue weighted by atomic mass is 35.5. The minimum absolute atomic E-state index is 0. The Morgan fingerprint density at radius 1 is 1.56 bits per heavy atom. The molecule has 1 atom stereocenters. The quantitative estimate of drug-likeness (QED) is 0.556. The predicted octanol–water partition coefficient (Wildman–Crippen LogP) is 0.792. The molecule has 1 rings (SSSR count). The molecule has 0 bridgehead atoms. The first kappa shape index (κ1) is 9.21. The lowest BCUT2D eigenvalue weighted by Crippen LogP contribution is -2.35. The Kier molecular flexibility index (Phi) is 2.93. The molecule has 0 unspecified atom stereocenters. The summed E-state index contributed by atoms with van der Waals surface area (Å²) in [5.41, 5.74) is 5.90. The normalized spacial score (nSPS) is 31.7. The van der Waals surface area contributed by atoms with Gasteiger partial charge in [-0.05, 0) is 0 Å². The number of nitrogens with two attached hydrogens (primary N) is 1. The van der Waals surface area contributed by atoms with E-state index in [4.69, 9.17) is 10.5 Å². The molecule has 9 heavy (non-hydrogen) atoms. The zero-order chi connectivity index (χ0) is 6.20. The van der Waals surface area contributed by atoms with Crippen LogP contribution in [0.5, 0.6) is 0 Å². The second kappa shape index (κ2) is 2.86. The van der Waals surface area contributed by atoms with Gasteiger partial charge in [-0.15, -0.1) is 12.4 Å². The summed E-state index contributed by atoms with van der Waals surface area (Å²) < 4.78 is 5.15. The standard InChI is InChI=1S/C6H13NO.ClH/c1-6(2)4-8-3-5(6)7;/h5H,3-4,7H2,1-2H3;1H/t5-;/m1./s1. The third kappa shape index (κ3) is 1.81. The fourth-order valence-electron chi connectivity index (χ4n) is 0.782. The summed E-state index contributed by atoms with van der Waals surface area (Å²) in [6.45, 7) is 5.80. The molecule has 56 valence electrons. The van der Waals surface area contributed by atoms with Crippen molar-refractivity contribution in [3.63, 3.8) is 0 Å². The van der Waals surface area contributed by atoms with E-state index in [0.29, 0.717) is 0 Å². The molecule has 0 amide bonds. The Balaban J connectivity index is 0.000000640. The molecular formula is C6H14ClNO. The first-order chi connectivity index (χ1) is 3.63. The van der Waals surface area contributed by atoms with E-state index in [9.17, 15) is 0 Å². The van der Waals surface area contributed by atoms with Gasteiger partial charge in [-0.3, -0.25) is 0 Å². The van der Waals surface area contributed by atoms with Crippen molar-refractivity contribution in [3.05, 3.63) is 0 Å². The van der Waals surface area contributed by atoms with Gasteiger partial charge in [0.15, 0.2) is 0 Å². The van der Waals surface area contributed by atoms with Crippen LogP contribution in [0.2, 0.25) is 0 Å². The largest absolute Gasteiger partial charge is 0.379 e. The average molecular weight is 152 g/mol. The Labute approximate surface area is 62.2 Å². The lowest BCUT2D eigenvalue weighted by atomic mass is 9.89. The maximum absolute atomic E-state index is 5.69. The van der Waals surface area contributed by atoms with Crippen LogP contribution in [0.3, 0.4) is 0 Å². The number of hydrogen-bond acceptors (Lipinski definition) is 2. The van der Waals surface area contributed by atoms with Gasteiger partial charge < -0.3 is 10.5 Å². The van der Waals surface area contributed by atoms with Crippen LogP contribution in [0.4, 0.5) is 0 Å². The summed E-state index contributed by atoms with van der Waals surface area (Å²) in [5, 5.41) is 0. The van der Waals surface area contributed by atoms with Crippen molar-refractivity contribution in [1.82, 2.24) is 0 Å². The van der Waals surface area contributed by atoms with Gasteiger partial charge in [0.25, 0.3) is 0 Å². The van der Waals surface area contributed by atoms with Gasteiger partial charge in [0.1, 0.15) is 0 Å². The zero-order valence-corrected chi connectivity index (χ0v) is 6.70. The van der Waals surface area contributed by atoms with Crippen molar-refractivity contribution in [3.8, 4) is 0 Å². The Bertz CT molecular complexity index is 95.1. The van der Waals surface area contributed by atoms with Crippen LogP contribution in [0.1, 0.15) is 13.8 Å². The Hall–Kier alpha value is 0.210. The smallest absolute Gasteiger partial charge is 0.0623 e. The SMILES string of the molecule is CC1(C)COC[C@H]1N.Cl. The number of rotatable bonds is 0. The molecule has 1 aliphatic rings. The van der Waals surface area contributed by atoms with Gasteiger partial charge in [0, 0.05) is 11.5 Å². The summed E-state index contributed by atoms with van der Waals surface area (Å²) in [5.74, 6) is 0. The topological polar surface area (TPSA) is 35.2 Å². The monoisotopic (exact) mass is 151 g/mol. The summed E-state index contributed by atoms with van der Waals surface area (Å²) in [6, 6.07) is 0.238. The van der Waals surface area contributed by atoms with E-state index in [1.807, 2.05) is 0 Å². The maximum Gasteiger partial charge on any atom is 0.0623 e. The van der Waals surface area contributed by atoms with Gasteiger partial charge in [-0.1, -0.05) is 13.8 Å². The second-order valence-corrected chi connectivity index (χ2v) is 3.11. The van der Waals surface area contributed by atoms with Crippen LogP contribution in [0.25, 0.3) is 0 Å². The molecule has 3 heteroatoms. The highest BCUT2D eigenvalue weighted by molar-refractivity contribution is 5.85. The lowest BCUT2D eigenvalue weighted by molar-refractivity contribution is 0.167. The van der Waals surface area contributed by atoms with E-state index < -0.39 is 0 Å². The van der Waals surface area contributed by atoms with Crippen LogP contribution in [-0.2, 0) is 4.74 Å². The lowest BCUT2D eigenvalue weighted by Gasteiger charge is -2.19. The first-order valence-electron chi connectivity index (χ1n) is 2.96. The number of halogens is 1. The molecule has 1 aliphatic heterocycles. The summed E-state index contributed by atoms with van der Waals surface area (Å²) in [6.07, 6.45) is 0. The second-order valence-electron chi connectivity index (χ2n) is 3.11. The van der Waals surface area contributed by atoms with Gasteiger partial charge in [0.05, 0.1) is 13.2 Å². The van der Waals surface area contributed by atoms with Gasteiger partial charge in [-0.2, -0.15) is 0 Å². The summed E-state index contributed by atoms with van der Waals surface area (Å²) in [7, 11) is 0. The molecule has 0 spiro atoms. The molecular weight excluding hydrogens is 138 g/mol. The molecule has 0 aromatic rings. The van der Waals surface area contributed by atoms with Crippen LogP contribution in [0.15, 0.2) is 0 Å². The van der Waals surface area contributed by atoms with Crippen molar-refractivity contribution < 1.29 is 4.74 Å². The van der Waals surface area contributed by atoms with Crippen molar-refractivity contribution in [2.24, 2.45) is 11.1 Å². The van der Waals surface area contributed by atoms with Crippen molar-refractivity contribution >= 4 is 12.4 Å². The third-order valence-corrected chi connectivity index (χ3v) is 1.78. The van der Waals surface area contributed by atoms with Crippen molar-refractivity contribution in [2.45, 2.75) is 19.9 Å². The van der Waals surface area contributed by atoms with Crippen LogP contribution in [0, 0.1) is 5.41 Å². The first-order valence-corrected chi connectivity index (χ1v) is 2.96. The number of ether oxygens (including phenoxy) is 1. The van der Waals surface area contributed by atoms with E-state index in [1.54, 1.807) is 0 Å². The minimum atomic E-state index is 0. The molecule has 0 saturated carbocycles. The highest BCUT2D eigenvalue weighted by Gasteiger charge is 2.32. The van der Waals surface area contributed by atoms with Gasteiger partial charge in [0.2, 0.25) is 0 Å². The molecule has 2 N–H and O–H groups in total. The van der Waals surface area contributed by atoms with Crippen molar-refractivity contribution in [1.29, 1.82) is 0 Å². The molecule has 1 heterocycles. The molecule has 1 saturated heterocycles. The molecule has 0 aromatic carbocycles. The predicted molar refractivity (Wildman–Crippen MR) is 39.8 cm³/mol. The van der Waals surface area contributed by atoms with E-state index >= 15 is 0 Å². The van der Waals surface area contributed by atoms with Crippen LogP contribution in [-0.4, -0.2) is 19.3 Å². The molecule has 0 aliphatic carbocycles. The maximum atomic E-state index is 5.69. The minimum Gasteiger partial charge on any atom is -0.379 e. The van der Waals surface area contributed by atoms with Crippen molar-refractivity contribution in [2.75, 3.05) is 13.2 Å². The molecule has 0 aromatic heterocycles. The molecule has 1 fully saturated rings. The van der Waals surface area contributed by atoms with E-state index in [2.05, 4.69) is 13.8 Å². The number of hydrogen-bond donors (Lipinski definition) is 1. The highest BCUT2D eigenvalue weighted by Crippen LogP contribution is 2.24. The average Bonchev–Trinajstić information content (AvgIpc) is 1.86. The van der Waals surface area contributed by atoms with E-state index in [1.165, 1.54) is 0 Å². The van der Waals surface area contributed by atoms with E-state index in [0.717, 1.165) is 13.2 Å². The Morgan fingerprint density at radius 3 is 2.22 bits per heavy atom. The Morgan fingerprint density at radius 2 is 2.11 bits per heavy atom. The van der Waals surface area contributed by atoms with Crippen LogP contribution >= 0.6 is 12.4 Å². The zero-order valence-electron chi connectivity index (χ0n) is 5.89. The van der Waals surface area contributed by atoms with Gasteiger partial charge in [-0.25, -0.2) is 0 Å². The fraction of sp³-hybridized carbons (Fsp3) is 1.00. The van der Waals surface area contributed by atoms with Gasteiger partial charge >= 0.3 is 0 Å². The molecule has 0 radical (unpaired) electrons. The third-order valence-electron chi connectivity index (χ3n) is 1.78. The van der Waals surface area contributed by atoms with Crippen LogP contribution < -0.4 is 5.73 Å². The molecule has 2 nitrogen and oxygen atoms in total. The summed E-state index contributed by atoms with van der Waals surface area (Å²) >= 11 is 0. The van der Waals surface area contributed by atoms with E-state index in [-0.39, 0.29) is 23.9 Å². The summed E-state index contributed by atoms with van der Waals surface area (Å²) in [4.78, 5) is 0.